The third-order valence-electron chi connectivity index (χ3n) is 5.18. The first-order chi connectivity index (χ1) is 13.9. The van der Waals surface area contributed by atoms with Gasteiger partial charge in [0, 0.05) is 19.5 Å². The van der Waals surface area contributed by atoms with Crippen LogP contribution in [0.5, 0.6) is 0 Å². The van der Waals surface area contributed by atoms with Gasteiger partial charge in [0.2, 0.25) is 5.95 Å². The Bertz CT molecular complexity index is 736. The fraction of sp³-hybridized carbons (Fsp3) is 0.632. The highest BCUT2D eigenvalue weighted by Gasteiger charge is 2.27. The molecule has 3 N–H and O–H groups in total. The van der Waals surface area contributed by atoms with Crippen molar-refractivity contribution >= 4 is 35.8 Å². The van der Waals surface area contributed by atoms with Gasteiger partial charge in [-0.3, -0.25) is 9.59 Å². The lowest BCUT2D eigenvalue weighted by Gasteiger charge is -2.33. The van der Waals surface area contributed by atoms with Gasteiger partial charge in [-0.25, -0.2) is 4.79 Å². The predicted molar refractivity (Wildman–Crippen MR) is 108 cm³/mol. The first-order valence-electron chi connectivity index (χ1n) is 9.68. The van der Waals surface area contributed by atoms with Crippen molar-refractivity contribution in [1.82, 2.24) is 9.97 Å². The van der Waals surface area contributed by atoms with Crippen molar-refractivity contribution in [2.45, 2.75) is 57.0 Å². The molecule has 1 aliphatic rings. The summed E-state index contributed by atoms with van der Waals surface area (Å²) >= 11 is 0. The van der Waals surface area contributed by atoms with Crippen LogP contribution in [0, 0.1) is 0 Å². The van der Waals surface area contributed by atoms with Gasteiger partial charge in [0.15, 0.2) is 6.29 Å². The largest absolute Gasteiger partial charge is 0.469 e. The van der Waals surface area contributed by atoms with Crippen molar-refractivity contribution in [2.75, 3.05) is 37.2 Å². The quantitative estimate of drug-likeness (QED) is 0.458. The number of aldehydes is 1. The van der Waals surface area contributed by atoms with Crippen LogP contribution in [0.2, 0.25) is 0 Å². The van der Waals surface area contributed by atoms with Crippen molar-refractivity contribution in [1.29, 1.82) is 0 Å². The maximum absolute atomic E-state index is 12.2. The molecule has 0 saturated heterocycles. The number of hydrogen-bond acceptors (Lipinski definition) is 10. The summed E-state index contributed by atoms with van der Waals surface area (Å²) in [7, 11) is 4.39. The highest BCUT2D eigenvalue weighted by molar-refractivity contribution is 5.91. The Balaban J connectivity index is 2.32. The molecule has 0 aromatic carbocycles. The minimum atomic E-state index is -0.903. The molecule has 29 heavy (non-hydrogen) atoms. The van der Waals surface area contributed by atoms with Crippen LogP contribution >= 0.6 is 0 Å². The molecular formula is C19H29N5O5. The van der Waals surface area contributed by atoms with Gasteiger partial charge in [-0.15, -0.1) is 0 Å². The SMILES string of the molecule is COC(=O)CC[C@H](Nc1nc(N)nc(N(C)C2CCCCC2)c1C=O)C(=O)OC. The molecule has 0 bridgehead atoms. The Morgan fingerprint density at radius 1 is 1.24 bits per heavy atom. The zero-order chi connectivity index (χ0) is 21.4. The number of nitrogens with zero attached hydrogens (tertiary/aromatic N) is 3. The van der Waals surface area contributed by atoms with Gasteiger partial charge in [-0.1, -0.05) is 19.3 Å². The highest BCUT2D eigenvalue weighted by atomic mass is 16.5. The van der Waals surface area contributed by atoms with E-state index < -0.39 is 18.0 Å². The van der Waals surface area contributed by atoms with Gasteiger partial charge < -0.3 is 25.4 Å². The Morgan fingerprint density at radius 2 is 1.93 bits per heavy atom. The molecule has 1 atom stereocenters. The molecular weight excluding hydrogens is 378 g/mol. The molecule has 160 valence electrons. The summed E-state index contributed by atoms with van der Waals surface area (Å²) in [5.74, 6) is -0.530. The van der Waals surface area contributed by atoms with E-state index in [1.54, 1.807) is 0 Å². The molecule has 1 aromatic rings. The molecule has 10 heteroatoms. The van der Waals surface area contributed by atoms with E-state index in [0.29, 0.717) is 12.1 Å². The first kappa shape index (κ1) is 22.4. The van der Waals surface area contributed by atoms with E-state index in [1.807, 2.05) is 11.9 Å². The summed E-state index contributed by atoms with van der Waals surface area (Å²) in [5, 5.41) is 2.90. The van der Waals surface area contributed by atoms with Crippen molar-refractivity contribution in [3.05, 3.63) is 5.56 Å². The summed E-state index contributed by atoms with van der Waals surface area (Å²) in [6.07, 6.45) is 6.20. The van der Waals surface area contributed by atoms with Crippen LogP contribution in [0.1, 0.15) is 55.3 Å². The number of hydrogen-bond donors (Lipinski definition) is 2. The molecule has 0 unspecified atom stereocenters. The van der Waals surface area contributed by atoms with Crippen LogP contribution in [-0.4, -0.2) is 61.5 Å². The van der Waals surface area contributed by atoms with Crippen LogP contribution in [0.4, 0.5) is 17.6 Å². The predicted octanol–water partition coefficient (Wildman–Crippen LogP) is 1.55. The van der Waals surface area contributed by atoms with Gasteiger partial charge in [0.1, 0.15) is 17.7 Å². The Labute approximate surface area is 170 Å². The van der Waals surface area contributed by atoms with Gasteiger partial charge in [-0.2, -0.15) is 9.97 Å². The molecule has 10 nitrogen and oxygen atoms in total. The van der Waals surface area contributed by atoms with E-state index in [2.05, 4.69) is 20.0 Å². The fourth-order valence-electron chi connectivity index (χ4n) is 3.52. The van der Waals surface area contributed by atoms with Gasteiger partial charge in [-0.05, 0) is 19.3 Å². The molecule has 0 aliphatic heterocycles. The molecule has 2 rings (SSSR count). The lowest BCUT2D eigenvalue weighted by molar-refractivity contribution is -0.143. The smallest absolute Gasteiger partial charge is 0.328 e. The number of esters is 2. The van der Waals surface area contributed by atoms with E-state index in [9.17, 15) is 14.4 Å². The van der Waals surface area contributed by atoms with Crippen LogP contribution in [0.3, 0.4) is 0 Å². The topological polar surface area (TPSA) is 137 Å². The van der Waals surface area contributed by atoms with Crippen LogP contribution in [0.15, 0.2) is 0 Å². The number of carbonyl (C=O) groups excluding carboxylic acids is 3. The van der Waals surface area contributed by atoms with Crippen LogP contribution in [-0.2, 0) is 19.1 Å². The monoisotopic (exact) mass is 407 g/mol. The number of carbonyl (C=O) groups is 3. The number of nitrogen functional groups attached to an aromatic ring is 1. The highest BCUT2D eigenvalue weighted by Crippen LogP contribution is 2.30. The lowest BCUT2D eigenvalue weighted by atomic mass is 9.94. The summed E-state index contributed by atoms with van der Waals surface area (Å²) < 4.78 is 9.42. The average Bonchev–Trinajstić information content (AvgIpc) is 2.75. The maximum Gasteiger partial charge on any atom is 0.328 e. The first-order valence-corrected chi connectivity index (χ1v) is 9.68. The Hall–Kier alpha value is -2.91. The summed E-state index contributed by atoms with van der Waals surface area (Å²) in [5.41, 5.74) is 6.09. The third kappa shape index (κ3) is 5.78. The number of rotatable bonds is 9. The second-order valence-corrected chi connectivity index (χ2v) is 7.02. The Morgan fingerprint density at radius 3 is 2.52 bits per heavy atom. The summed E-state index contributed by atoms with van der Waals surface area (Å²) in [6, 6.07) is -0.653. The normalized spacial score (nSPS) is 15.3. The molecule has 1 heterocycles. The minimum absolute atomic E-state index is 0.00487. The van der Waals surface area contributed by atoms with Crippen molar-refractivity contribution < 1.29 is 23.9 Å². The zero-order valence-corrected chi connectivity index (χ0v) is 17.1. The van der Waals surface area contributed by atoms with Gasteiger partial charge in [0.25, 0.3) is 0 Å². The van der Waals surface area contributed by atoms with E-state index >= 15 is 0 Å². The van der Waals surface area contributed by atoms with E-state index in [-0.39, 0.29) is 36.2 Å². The number of aromatic nitrogens is 2. The minimum Gasteiger partial charge on any atom is -0.469 e. The van der Waals surface area contributed by atoms with Crippen molar-refractivity contribution in [3.8, 4) is 0 Å². The molecule has 0 radical (unpaired) electrons. The fourth-order valence-corrected chi connectivity index (χ4v) is 3.52. The average molecular weight is 407 g/mol. The second kappa shape index (κ2) is 10.6. The Kier molecular flexibility index (Phi) is 8.17. The number of ether oxygens (including phenoxy) is 2. The third-order valence-corrected chi connectivity index (χ3v) is 5.18. The number of nitrogens with one attached hydrogen (secondary N) is 1. The number of anilines is 3. The van der Waals surface area contributed by atoms with E-state index in [1.165, 1.54) is 20.6 Å². The molecule has 0 spiro atoms. The van der Waals surface area contributed by atoms with Crippen molar-refractivity contribution in [3.63, 3.8) is 0 Å². The van der Waals surface area contributed by atoms with Crippen LogP contribution in [0.25, 0.3) is 0 Å². The van der Waals surface area contributed by atoms with E-state index in [0.717, 1.165) is 25.7 Å². The maximum atomic E-state index is 12.2. The number of methoxy groups -OCH3 is 2. The summed E-state index contributed by atoms with van der Waals surface area (Å²) in [6.45, 7) is 0. The van der Waals surface area contributed by atoms with E-state index in [4.69, 9.17) is 10.5 Å². The zero-order valence-electron chi connectivity index (χ0n) is 17.1. The van der Waals surface area contributed by atoms with Crippen LogP contribution < -0.4 is 16.0 Å². The standard InChI is InChI=1S/C19H29N5O5/c1-24(12-7-5-4-6-8-12)17-13(11-25)16(22-19(20)23-17)21-14(18(27)29-3)9-10-15(26)28-2/h11-12,14H,4-10H2,1-3H3,(H3,20,21,22,23)/t14-/m0/s1. The molecule has 0 amide bonds. The second-order valence-electron chi connectivity index (χ2n) is 7.02. The van der Waals surface area contributed by atoms with Gasteiger partial charge >= 0.3 is 11.9 Å². The molecule has 1 saturated carbocycles. The van der Waals surface area contributed by atoms with Gasteiger partial charge in [0.05, 0.1) is 19.8 Å². The van der Waals surface area contributed by atoms with Crippen molar-refractivity contribution in [2.24, 2.45) is 0 Å². The lowest BCUT2D eigenvalue weighted by Crippen LogP contribution is -2.36. The molecule has 1 aromatic heterocycles. The molecule has 1 aliphatic carbocycles. The number of nitrogens with two attached hydrogens (primary N) is 1. The molecule has 1 fully saturated rings. The summed E-state index contributed by atoms with van der Waals surface area (Å²) in [4.78, 5) is 45.9.